The number of nitrogens with one attached hydrogen (secondary N) is 1. The Labute approximate surface area is 154 Å². The van der Waals surface area contributed by atoms with Crippen molar-refractivity contribution in [3.8, 4) is 5.75 Å². The molecule has 0 bridgehead atoms. The standard InChI is InChI=1S/C19H24ClN3O2/c1-14-12-16(8-9-17(14)20)25-11-5-7-18(24)22-13-15-6-4-10-21-19(15)23(2)3/h4,6,8-10,12H,5,7,11,13H2,1-3H3,(H,22,24). The van der Waals surface area contributed by atoms with Gasteiger partial charge in [0, 0.05) is 43.8 Å². The van der Waals surface area contributed by atoms with Gasteiger partial charge in [-0.15, -0.1) is 0 Å². The number of ether oxygens (including phenoxy) is 1. The molecule has 0 aliphatic heterocycles. The highest BCUT2D eigenvalue weighted by Crippen LogP contribution is 2.21. The molecular formula is C19H24ClN3O2. The number of hydrogen-bond acceptors (Lipinski definition) is 4. The number of carbonyl (C=O) groups is 1. The fourth-order valence-corrected chi connectivity index (χ4v) is 2.50. The van der Waals surface area contributed by atoms with Crippen LogP contribution >= 0.6 is 11.6 Å². The molecule has 0 saturated heterocycles. The lowest BCUT2D eigenvalue weighted by atomic mass is 10.2. The zero-order chi connectivity index (χ0) is 18.2. The highest BCUT2D eigenvalue weighted by molar-refractivity contribution is 6.31. The van der Waals surface area contributed by atoms with Crippen LogP contribution in [0.5, 0.6) is 5.75 Å². The minimum atomic E-state index is 0.00412. The summed E-state index contributed by atoms with van der Waals surface area (Å²) in [5.74, 6) is 1.64. The second-order valence-corrected chi connectivity index (χ2v) is 6.43. The molecule has 0 aliphatic rings. The first-order valence-electron chi connectivity index (χ1n) is 8.24. The summed E-state index contributed by atoms with van der Waals surface area (Å²) >= 11 is 5.98. The maximum absolute atomic E-state index is 12.0. The zero-order valence-corrected chi connectivity index (χ0v) is 15.6. The number of rotatable bonds is 8. The molecule has 1 aromatic carbocycles. The van der Waals surface area contributed by atoms with E-state index >= 15 is 0 Å². The predicted octanol–water partition coefficient (Wildman–Crippen LogP) is 3.58. The van der Waals surface area contributed by atoms with Gasteiger partial charge in [0.1, 0.15) is 11.6 Å². The van der Waals surface area contributed by atoms with E-state index in [9.17, 15) is 4.79 Å². The molecule has 1 aromatic heterocycles. The maximum Gasteiger partial charge on any atom is 0.220 e. The highest BCUT2D eigenvalue weighted by atomic mass is 35.5. The maximum atomic E-state index is 12.0. The lowest BCUT2D eigenvalue weighted by Crippen LogP contribution is -2.24. The molecule has 6 heteroatoms. The predicted molar refractivity (Wildman–Crippen MR) is 101 cm³/mol. The average molecular weight is 362 g/mol. The zero-order valence-electron chi connectivity index (χ0n) is 14.9. The molecule has 1 amide bonds. The van der Waals surface area contributed by atoms with Gasteiger partial charge in [0.25, 0.3) is 0 Å². The molecule has 1 heterocycles. The summed E-state index contributed by atoms with van der Waals surface area (Å²) < 4.78 is 5.65. The van der Waals surface area contributed by atoms with E-state index in [2.05, 4.69) is 10.3 Å². The third-order valence-electron chi connectivity index (χ3n) is 3.71. The van der Waals surface area contributed by atoms with Crippen molar-refractivity contribution in [3.05, 3.63) is 52.7 Å². The molecule has 0 radical (unpaired) electrons. The van der Waals surface area contributed by atoms with Gasteiger partial charge in [0.2, 0.25) is 5.91 Å². The Morgan fingerprint density at radius 3 is 2.84 bits per heavy atom. The number of nitrogens with zero attached hydrogens (tertiary/aromatic N) is 2. The van der Waals surface area contributed by atoms with Gasteiger partial charge in [-0.1, -0.05) is 17.7 Å². The highest BCUT2D eigenvalue weighted by Gasteiger charge is 2.07. The number of anilines is 1. The van der Waals surface area contributed by atoms with Crippen molar-refractivity contribution in [1.29, 1.82) is 0 Å². The van der Waals surface area contributed by atoms with Gasteiger partial charge < -0.3 is 15.0 Å². The Kier molecular flexibility index (Phi) is 7.07. The van der Waals surface area contributed by atoms with E-state index in [1.54, 1.807) is 6.20 Å². The first-order chi connectivity index (χ1) is 12.0. The smallest absolute Gasteiger partial charge is 0.220 e. The fourth-order valence-electron chi connectivity index (χ4n) is 2.38. The van der Waals surface area contributed by atoms with Crippen LogP contribution in [0.25, 0.3) is 0 Å². The van der Waals surface area contributed by atoms with Crippen LogP contribution in [0.2, 0.25) is 5.02 Å². The quantitative estimate of drug-likeness (QED) is 0.730. The summed E-state index contributed by atoms with van der Waals surface area (Å²) in [5.41, 5.74) is 1.97. The molecule has 0 atom stereocenters. The molecule has 134 valence electrons. The molecule has 5 nitrogen and oxygen atoms in total. The molecule has 25 heavy (non-hydrogen) atoms. The molecule has 0 aliphatic carbocycles. The van der Waals surface area contributed by atoms with Gasteiger partial charge in [0.15, 0.2) is 0 Å². The average Bonchev–Trinajstić information content (AvgIpc) is 2.60. The molecule has 0 unspecified atom stereocenters. The molecule has 0 spiro atoms. The number of halogens is 1. The monoisotopic (exact) mass is 361 g/mol. The summed E-state index contributed by atoms with van der Waals surface area (Å²) in [6.45, 7) is 2.89. The lowest BCUT2D eigenvalue weighted by Gasteiger charge is -2.16. The second kappa shape index (κ2) is 9.28. The van der Waals surface area contributed by atoms with Crippen molar-refractivity contribution in [2.24, 2.45) is 0 Å². The van der Waals surface area contributed by atoms with Gasteiger partial charge in [0.05, 0.1) is 6.61 Å². The number of amides is 1. The van der Waals surface area contributed by atoms with E-state index in [4.69, 9.17) is 16.3 Å². The summed E-state index contributed by atoms with van der Waals surface area (Å²) in [6.07, 6.45) is 2.82. The van der Waals surface area contributed by atoms with Crippen LogP contribution in [0.15, 0.2) is 36.5 Å². The van der Waals surface area contributed by atoms with E-state index in [1.165, 1.54) is 0 Å². The first kappa shape index (κ1) is 19.1. The summed E-state index contributed by atoms with van der Waals surface area (Å²) in [4.78, 5) is 18.2. The van der Waals surface area contributed by atoms with Crippen molar-refractivity contribution in [2.45, 2.75) is 26.3 Å². The van der Waals surface area contributed by atoms with Crippen LogP contribution < -0.4 is 15.0 Å². The molecule has 0 fully saturated rings. The Hall–Kier alpha value is -2.27. The van der Waals surface area contributed by atoms with Crippen LogP contribution in [0.4, 0.5) is 5.82 Å². The first-order valence-corrected chi connectivity index (χ1v) is 8.62. The van der Waals surface area contributed by atoms with Gasteiger partial charge >= 0.3 is 0 Å². The van der Waals surface area contributed by atoms with Crippen molar-refractivity contribution < 1.29 is 9.53 Å². The second-order valence-electron chi connectivity index (χ2n) is 6.02. The molecular weight excluding hydrogens is 338 g/mol. The summed E-state index contributed by atoms with van der Waals surface area (Å²) in [7, 11) is 3.87. The van der Waals surface area contributed by atoms with Gasteiger partial charge in [-0.25, -0.2) is 4.98 Å². The minimum absolute atomic E-state index is 0.00412. The van der Waals surface area contributed by atoms with Crippen molar-refractivity contribution >= 4 is 23.3 Å². The Morgan fingerprint density at radius 2 is 2.12 bits per heavy atom. The molecule has 1 N–H and O–H groups in total. The molecule has 2 aromatic rings. The van der Waals surface area contributed by atoms with Crippen molar-refractivity contribution in [3.63, 3.8) is 0 Å². The Balaban J connectivity index is 1.71. The van der Waals surface area contributed by atoms with Gasteiger partial charge in [-0.2, -0.15) is 0 Å². The van der Waals surface area contributed by atoms with Crippen molar-refractivity contribution in [2.75, 3.05) is 25.6 Å². The van der Waals surface area contributed by atoms with Crippen LogP contribution in [0, 0.1) is 6.92 Å². The fraction of sp³-hybridized carbons (Fsp3) is 0.368. The normalized spacial score (nSPS) is 10.4. The number of carbonyl (C=O) groups excluding carboxylic acids is 1. The van der Waals surface area contributed by atoms with E-state index in [-0.39, 0.29) is 5.91 Å². The topological polar surface area (TPSA) is 54.5 Å². The summed E-state index contributed by atoms with van der Waals surface area (Å²) in [6, 6.07) is 9.38. The summed E-state index contributed by atoms with van der Waals surface area (Å²) in [5, 5.41) is 3.65. The lowest BCUT2D eigenvalue weighted by molar-refractivity contribution is -0.121. The third-order valence-corrected chi connectivity index (χ3v) is 4.14. The van der Waals surface area contributed by atoms with Crippen LogP contribution in [-0.4, -0.2) is 31.6 Å². The molecule has 2 rings (SSSR count). The van der Waals surface area contributed by atoms with E-state index in [1.807, 2.05) is 56.3 Å². The minimum Gasteiger partial charge on any atom is -0.494 e. The number of hydrogen-bond donors (Lipinski definition) is 1. The Bertz CT molecular complexity index is 720. The van der Waals surface area contributed by atoms with Crippen LogP contribution in [0.3, 0.4) is 0 Å². The van der Waals surface area contributed by atoms with Gasteiger partial charge in [-0.05, 0) is 43.2 Å². The van der Waals surface area contributed by atoms with E-state index in [0.717, 1.165) is 27.7 Å². The molecule has 0 saturated carbocycles. The third kappa shape index (κ3) is 5.94. The van der Waals surface area contributed by atoms with Crippen LogP contribution in [-0.2, 0) is 11.3 Å². The number of benzene rings is 1. The van der Waals surface area contributed by atoms with Crippen molar-refractivity contribution in [1.82, 2.24) is 10.3 Å². The number of pyridine rings is 1. The van der Waals surface area contributed by atoms with Gasteiger partial charge in [-0.3, -0.25) is 4.79 Å². The van der Waals surface area contributed by atoms with Crippen LogP contribution in [0.1, 0.15) is 24.0 Å². The Morgan fingerprint density at radius 1 is 1.32 bits per heavy atom. The SMILES string of the molecule is Cc1cc(OCCCC(=O)NCc2cccnc2N(C)C)ccc1Cl. The van der Waals surface area contributed by atoms with E-state index < -0.39 is 0 Å². The van der Waals surface area contributed by atoms with E-state index in [0.29, 0.717) is 26.0 Å². The number of aryl methyl sites for hydroxylation is 1. The number of aromatic nitrogens is 1. The largest absolute Gasteiger partial charge is 0.494 e.